The number of carbonyl (C=O) groups excluding carboxylic acids is 1. The number of anilines is 1. The van der Waals surface area contributed by atoms with E-state index in [1.807, 2.05) is 39.0 Å². The summed E-state index contributed by atoms with van der Waals surface area (Å²) in [6, 6.07) is 8.81. The van der Waals surface area contributed by atoms with Gasteiger partial charge in [-0.15, -0.1) is 10.2 Å². The fourth-order valence-electron chi connectivity index (χ4n) is 2.51. The Kier molecular flexibility index (Phi) is 4.97. The first-order chi connectivity index (χ1) is 12.5. The van der Waals surface area contributed by atoms with E-state index in [0.29, 0.717) is 23.8 Å². The van der Waals surface area contributed by atoms with E-state index in [1.165, 1.54) is 10.6 Å². The quantitative estimate of drug-likeness (QED) is 0.762. The second-order valence-electron chi connectivity index (χ2n) is 6.10. The third-order valence-electron chi connectivity index (χ3n) is 3.98. The molecule has 1 amide bonds. The van der Waals surface area contributed by atoms with E-state index in [2.05, 4.69) is 15.5 Å². The molecule has 134 valence electrons. The molecular formula is C19H20N4O3. The normalized spacial score (nSPS) is 10.7. The number of carbonyl (C=O) groups is 1. The smallest absolute Gasteiger partial charge is 0.251 e. The Hall–Kier alpha value is -3.22. The van der Waals surface area contributed by atoms with E-state index >= 15 is 0 Å². The molecule has 26 heavy (non-hydrogen) atoms. The predicted molar refractivity (Wildman–Crippen MR) is 97.9 cm³/mol. The fourth-order valence-corrected chi connectivity index (χ4v) is 2.51. The maximum Gasteiger partial charge on any atom is 0.251 e. The van der Waals surface area contributed by atoms with Crippen molar-refractivity contribution in [3.63, 3.8) is 0 Å². The molecule has 1 aromatic carbocycles. The second kappa shape index (κ2) is 7.35. The number of aromatic nitrogens is 3. The van der Waals surface area contributed by atoms with Gasteiger partial charge in [0.25, 0.3) is 5.56 Å². The molecule has 0 aliphatic heterocycles. The van der Waals surface area contributed by atoms with Crippen LogP contribution in [0.15, 0.2) is 45.7 Å². The van der Waals surface area contributed by atoms with Gasteiger partial charge in [0.05, 0.1) is 5.56 Å². The lowest BCUT2D eigenvalue weighted by Crippen LogP contribution is -2.27. The van der Waals surface area contributed by atoms with Crippen LogP contribution in [0.25, 0.3) is 11.5 Å². The predicted octanol–water partition coefficient (Wildman–Crippen LogP) is 2.72. The summed E-state index contributed by atoms with van der Waals surface area (Å²) >= 11 is 0. The Bertz CT molecular complexity index is 1000. The number of hydrogen-bond donors (Lipinski definition) is 1. The van der Waals surface area contributed by atoms with Crippen LogP contribution in [0.4, 0.5) is 5.69 Å². The highest BCUT2D eigenvalue weighted by Gasteiger charge is 2.11. The van der Waals surface area contributed by atoms with Crippen LogP contribution >= 0.6 is 0 Å². The van der Waals surface area contributed by atoms with Gasteiger partial charge in [0.1, 0.15) is 6.54 Å². The molecule has 0 fully saturated rings. The average Bonchev–Trinajstić information content (AvgIpc) is 3.09. The molecule has 0 aliphatic carbocycles. The number of pyridine rings is 1. The van der Waals surface area contributed by atoms with Crippen molar-refractivity contribution >= 4 is 11.6 Å². The Morgan fingerprint density at radius 3 is 2.73 bits per heavy atom. The van der Waals surface area contributed by atoms with E-state index < -0.39 is 0 Å². The molecule has 0 aliphatic rings. The zero-order valence-electron chi connectivity index (χ0n) is 14.9. The van der Waals surface area contributed by atoms with Crippen LogP contribution in [0.5, 0.6) is 0 Å². The molecule has 2 aromatic heterocycles. The monoisotopic (exact) mass is 352 g/mol. The van der Waals surface area contributed by atoms with Crippen LogP contribution in [0.3, 0.4) is 0 Å². The molecule has 0 atom stereocenters. The summed E-state index contributed by atoms with van der Waals surface area (Å²) in [5.41, 5.74) is 3.07. The van der Waals surface area contributed by atoms with Gasteiger partial charge in [0.2, 0.25) is 17.7 Å². The molecule has 0 saturated heterocycles. The molecule has 0 unspecified atom stereocenters. The first kappa shape index (κ1) is 17.6. The van der Waals surface area contributed by atoms with Crippen LogP contribution in [0.1, 0.15) is 23.9 Å². The Balaban J connectivity index is 1.80. The van der Waals surface area contributed by atoms with Gasteiger partial charge in [-0.25, -0.2) is 0 Å². The minimum atomic E-state index is -0.280. The summed E-state index contributed by atoms with van der Waals surface area (Å²) in [6.45, 7) is 5.69. The first-order valence-electron chi connectivity index (χ1n) is 8.36. The van der Waals surface area contributed by atoms with Gasteiger partial charge in [-0.3, -0.25) is 9.59 Å². The van der Waals surface area contributed by atoms with E-state index in [9.17, 15) is 9.59 Å². The summed E-state index contributed by atoms with van der Waals surface area (Å²) in [5.74, 6) is 0.564. The van der Waals surface area contributed by atoms with E-state index in [4.69, 9.17) is 4.42 Å². The molecule has 7 nitrogen and oxygen atoms in total. The van der Waals surface area contributed by atoms with Crippen molar-refractivity contribution in [3.05, 3.63) is 63.9 Å². The summed E-state index contributed by atoms with van der Waals surface area (Å²) in [6.07, 6.45) is 2.18. The standard InChI is InChI=1S/C19H20N4O3/c1-4-17-21-22-19(26-17)14-7-8-18(25)23(10-14)11-16(24)20-15-9-12(2)5-6-13(15)3/h5-10H,4,11H2,1-3H3,(H,20,24). The zero-order valence-corrected chi connectivity index (χ0v) is 14.9. The topological polar surface area (TPSA) is 90.0 Å². The number of benzene rings is 1. The number of amides is 1. The minimum absolute atomic E-state index is 0.102. The summed E-state index contributed by atoms with van der Waals surface area (Å²) < 4.78 is 6.83. The van der Waals surface area contributed by atoms with Gasteiger partial charge in [-0.1, -0.05) is 19.1 Å². The van der Waals surface area contributed by atoms with Crippen molar-refractivity contribution in [2.24, 2.45) is 0 Å². The maximum absolute atomic E-state index is 12.4. The van der Waals surface area contributed by atoms with Crippen LogP contribution in [0, 0.1) is 13.8 Å². The van der Waals surface area contributed by atoms with Gasteiger partial charge in [0, 0.05) is 24.4 Å². The first-order valence-corrected chi connectivity index (χ1v) is 8.36. The molecule has 0 radical (unpaired) electrons. The molecule has 0 saturated carbocycles. The largest absolute Gasteiger partial charge is 0.421 e. The third kappa shape index (κ3) is 3.88. The van der Waals surface area contributed by atoms with Crippen LogP contribution in [-0.4, -0.2) is 20.7 Å². The highest BCUT2D eigenvalue weighted by molar-refractivity contribution is 5.91. The molecule has 2 heterocycles. The molecule has 0 bridgehead atoms. The SMILES string of the molecule is CCc1nnc(-c2ccc(=O)n(CC(=O)Nc3cc(C)ccc3C)c2)o1. The van der Waals surface area contributed by atoms with Crippen molar-refractivity contribution in [2.75, 3.05) is 5.32 Å². The van der Waals surface area contributed by atoms with E-state index in [0.717, 1.165) is 16.8 Å². The average molecular weight is 352 g/mol. The number of aryl methyl sites for hydroxylation is 3. The Labute approximate surface area is 150 Å². The second-order valence-corrected chi connectivity index (χ2v) is 6.10. The number of nitrogens with zero attached hydrogens (tertiary/aromatic N) is 3. The summed E-state index contributed by atoms with van der Waals surface area (Å²) in [7, 11) is 0. The van der Waals surface area contributed by atoms with Gasteiger partial charge in [0.15, 0.2) is 0 Å². The highest BCUT2D eigenvalue weighted by Crippen LogP contribution is 2.18. The number of hydrogen-bond acceptors (Lipinski definition) is 5. The lowest BCUT2D eigenvalue weighted by molar-refractivity contribution is -0.116. The van der Waals surface area contributed by atoms with Gasteiger partial charge < -0.3 is 14.3 Å². The van der Waals surface area contributed by atoms with Crippen molar-refractivity contribution in [2.45, 2.75) is 33.7 Å². The van der Waals surface area contributed by atoms with Gasteiger partial charge in [-0.05, 0) is 37.1 Å². The molecule has 3 aromatic rings. The highest BCUT2D eigenvalue weighted by atomic mass is 16.4. The third-order valence-corrected chi connectivity index (χ3v) is 3.98. The van der Waals surface area contributed by atoms with Crippen molar-refractivity contribution < 1.29 is 9.21 Å². The van der Waals surface area contributed by atoms with Crippen LogP contribution < -0.4 is 10.9 Å². The molecule has 3 rings (SSSR count). The van der Waals surface area contributed by atoms with Crippen molar-refractivity contribution in [1.82, 2.24) is 14.8 Å². The van der Waals surface area contributed by atoms with Crippen LogP contribution in [0.2, 0.25) is 0 Å². The summed E-state index contributed by atoms with van der Waals surface area (Å²) in [5, 5.41) is 10.7. The Morgan fingerprint density at radius 2 is 2.00 bits per heavy atom. The van der Waals surface area contributed by atoms with Gasteiger partial charge in [-0.2, -0.15) is 0 Å². The van der Waals surface area contributed by atoms with Gasteiger partial charge >= 0.3 is 0 Å². The fraction of sp³-hybridized carbons (Fsp3) is 0.263. The zero-order chi connectivity index (χ0) is 18.7. The Morgan fingerprint density at radius 1 is 1.19 bits per heavy atom. The molecule has 7 heteroatoms. The van der Waals surface area contributed by atoms with Crippen molar-refractivity contribution in [1.29, 1.82) is 0 Å². The minimum Gasteiger partial charge on any atom is -0.421 e. The lowest BCUT2D eigenvalue weighted by atomic mass is 10.1. The molecular weight excluding hydrogens is 332 g/mol. The maximum atomic E-state index is 12.4. The molecule has 0 spiro atoms. The number of rotatable bonds is 5. The van der Waals surface area contributed by atoms with E-state index in [1.54, 1.807) is 12.3 Å². The lowest BCUT2D eigenvalue weighted by Gasteiger charge is -2.11. The number of nitrogens with one attached hydrogen (secondary N) is 1. The van der Waals surface area contributed by atoms with Crippen molar-refractivity contribution in [3.8, 4) is 11.5 Å². The van der Waals surface area contributed by atoms with Crippen LogP contribution in [-0.2, 0) is 17.8 Å². The van der Waals surface area contributed by atoms with E-state index in [-0.39, 0.29) is 18.0 Å². The molecule has 1 N–H and O–H groups in total. The summed E-state index contributed by atoms with van der Waals surface area (Å²) in [4.78, 5) is 24.5.